The normalized spacial score (nSPS) is 23.4. The minimum Gasteiger partial charge on any atom is -0.320 e. The van der Waals surface area contributed by atoms with Crippen LogP contribution in [0.2, 0.25) is 0 Å². The molecule has 1 aliphatic heterocycles. The summed E-state index contributed by atoms with van der Waals surface area (Å²) < 4.78 is 37.1. The second-order valence-corrected chi connectivity index (χ2v) is 4.53. The van der Waals surface area contributed by atoms with Crippen LogP contribution in [0.3, 0.4) is 0 Å². The van der Waals surface area contributed by atoms with E-state index in [-0.39, 0.29) is 0 Å². The van der Waals surface area contributed by atoms with Gasteiger partial charge >= 0.3 is 6.18 Å². The van der Waals surface area contributed by atoms with E-state index in [0.717, 1.165) is 13.1 Å². The van der Waals surface area contributed by atoms with Gasteiger partial charge in [0.1, 0.15) is 6.04 Å². The predicted octanol–water partition coefficient (Wildman–Crippen LogP) is 2.00. The molecule has 0 aromatic heterocycles. The van der Waals surface area contributed by atoms with Crippen molar-refractivity contribution >= 4 is 0 Å². The minimum atomic E-state index is -4.25. The lowest BCUT2D eigenvalue weighted by Gasteiger charge is -2.37. The van der Waals surface area contributed by atoms with Crippen molar-refractivity contribution in [1.82, 2.24) is 4.90 Å². The van der Waals surface area contributed by atoms with Gasteiger partial charge < -0.3 is 10.6 Å². The quantitative estimate of drug-likeness (QED) is 0.777. The van der Waals surface area contributed by atoms with Gasteiger partial charge in [0.2, 0.25) is 0 Å². The lowest BCUT2D eigenvalue weighted by atomic mass is 9.89. The number of hydrogen-bond donors (Lipinski definition) is 1. The van der Waals surface area contributed by atoms with Crippen LogP contribution in [0, 0.1) is 5.92 Å². The maximum atomic E-state index is 12.4. The molecule has 1 atom stereocenters. The largest absolute Gasteiger partial charge is 0.403 e. The maximum absolute atomic E-state index is 12.4. The SMILES string of the molecule is CC(C)N1CCC(C(N)C(F)(F)F)CC1. The highest BCUT2D eigenvalue weighted by molar-refractivity contribution is 4.85. The van der Waals surface area contributed by atoms with Crippen LogP contribution >= 0.6 is 0 Å². The molecule has 90 valence electrons. The number of nitrogens with zero attached hydrogens (tertiary/aromatic N) is 1. The highest BCUT2D eigenvalue weighted by atomic mass is 19.4. The fourth-order valence-corrected chi connectivity index (χ4v) is 2.06. The van der Waals surface area contributed by atoms with Crippen molar-refractivity contribution in [2.75, 3.05) is 13.1 Å². The average Bonchev–Trinajstić information content (AvgIpc) is 2.15. The van der Waals surface area contributed by atoms with Gasteiger partial charge in [-0.25, -0.2) is 0 Å². The molecule has 2 nitrogen and oxygen atoms in total. The number of piperidine rings is 1. The first-order valence-electron chi connectivity index (χ1n) is 5.38. The third-order valence-corrected chi connectivity index (χ3v) is 3.19. The summed E-state index contributed by atoms with van der Waals surface area (Å²) in [6, 6.07) is -1.24. The van der Waals surface area contributed by atoms with Crippen LogP contribution in [0.15, 0.2) is 0 Å². The summed E-state index contributed by atoms with van der Waals surface area (Å²) in [5.41, 5.74) is 5.20. The first-order valence-corrected chi connectivity index (χ1v) is 5.38. The van der Waals surface area contributed by atoms with E-state index in [1.807, 2.05) is 0 Å². The van der Waals surface area contributed by atoms with E-state index in [0.29, 0.717) is 18.9 Å². The third-order valence-electron chi connectivity index (χ3n) is 3.19. The monoisotopic (exact) mass is 224 g/mol. The van der Waals surface area contributed by atoms with E-state index in [1.165, 1.54) is 0 Å². The smallest absolute Gasteiger partial charge is 0.320 e. The molecule has 0 saturated carbocycles. The molecule has 1 unspecified atom stereocenters. The number of alkyl halides is 3. The van der Waals surface area contributed by atoms with Crippen molar-refractivity contribution < 1.29 is 13.2 Å². The second kappa shape index (κ2) is 4.70. The van der Waals surface area contributed by atoms with E-state index in [2.05, 4.69) is 18.7 Å². The van der Waals surface area contributed by atoms with E-state index in [1.54, 1.807) is 0 Å². The molecular weight excluding hydrogens is 205 g/mol. The Morgan fingerprint density at radius 3 is 2.00 bits per heavy atom. The van der Waals surface area contributed by atoms with Gasteiger partial charge in [0.05, 0.1) is 0 Å². The van der Waals surface area contributed by atoms with Crippen molar-refractivity contribution in [2.45, 2.75) is 44.9 Å². The van der Waals surface area contributed by atoms with Crippen molar-refractivity contribution in [1.29, 1.82) is 0 Å². The Bertz CT molecular complexity index is 195. The molecule has 5 heteroatoms. The van der Waals surface area contributed by atoms with Gasteiger partial charge in [-0.3, -0.25) is 0 Å². The Hall–Kier alpha value is -0.290. The summed E-state index contributed by atoms with van der Waals surface area (Å²) in [6.45, 7) is 5.58. The van der Waals surface area contributed by atoms with E-state index >= 15 is 0 Å². The van der Waals surface area contributed by atoms with Crippen molar-refractivity contribution in [2.24, 2.45) is 11.7 Å². The molecule has 0 aromatic rings. The van der Waals surface area contributed by atoms with Crippen LogP contribution in [-0.2, 0) is 0 Å². The number of nitrogens with two attached hydrogens (primary N) is 1. The van der Waals surface area contributed by atoms with Gasteiger partial charge in [0, 0.05) is 6.04 Å². The second-order valence-electron chi connectivity index (χ2n) is 4.53. The highest BCUT2D eigenvalue weighted by Crippen LogP contribution is 2.30. The van der Waals surface area contributed by atoms with E-state index in [9.17, 15) is 13.2 Å². The fourth-order valence-electron chi connectivity index (χ4n) is 2.06. The summed E-state index contributed by atoms with van der Waals surface area (Å²) in [7, 11) is 0. The minimum absolute atomic E-state index is 0.403. The standard InChI is InChI=1S/C10H19F3N2/c1-7(2)15-5-3-8(4-6-15)9(14)10(11,12)13/h7-9H,3-6,14H2,1-2H3. The molecule has 1 aliphatic rings. The molecule has 0 radical (unpaired) electrons. The molecule has 0 amide bonds. The molecule has 1 fully saturated rings. The van der Waals surface area contributed by atoms with E-state index in [4.69, 9.17) is 5.73 Å². The zero-order chi connectivity index (χ0) is 11.6. The number of hydrogen-bond acceptors (Lipinski definition) is 2. The number of likely N-dealkylation sites (tertiary alicyclic amines) is 1. The number of halogens is 3. The van der Waals surface area contributed by atoms with Gasteiger partial charge in [-0.05, 0) is 45.7 Å². The predicted molar refractivity (Wildman–Crippen MR) is 53.5 cm³/mol. The van der Waals surface area contributed by atoms with Crippen LogP contribution in [-0.4, -0.2) is 36.2 Å². The molecule has 2 N–H and O–H groups in total. The molecule has 0 aromatic carbocycles. The zero-order valence-electron chi connectivity index (χ0n) is 9.22. The molecule has 15 heavy (non-hydrogen) atoms. The summed E-state index contributed by atoms with van der Waals surface area (Å²) in [5.74, 6) is -0.403. The Balaban J connectivity index is 2.44. The van der Waals surface area contributed by atoms with Crippen LogP contribution < -0.4 is 5.73 Å². The first-order chi connectivity index (χ1) is 6.82. The Labute approximate surface area is 88.6 Å². The van der Waals surface area contributed by atoms with Crippen LogP contribution in [0.1, 0.15) is 26.7 Å². The van der Waals surface area contributed by atoms with Crippen molar-refractivity contribution in [3.8, 4) is 0 Å². The summed E-state index contributed by atoms with van der Waals surface area (Å²) >= 11 is 0. The Morgan fingerprint density at radius 1 is 1.20 bits per heavy atom. The Morgan fingerprint density at radius 2 is 1.67 bits per heavy atom. The van der Waals surface area contributed by atoms with Gasteiger partial charge in [-0.15, -0.1) is 0 Å². The van der Waals surface area contributed by atoms with Gasteiger partial charge in [-0.1, -0.05) is 0 Å². The summed E-state index contributed by atoms with van der Waals surface area (Å²) in [5, 5.41) is 0. The molecule has 0 bridgehead atoms. The third kappa shape index (κ3) is 3.34. The lowest BCUT2D eigenvalue weighted by molar-refractivity contribution is -0.162. The molecule has 1 rings (SSSR count). The van der Waals surface area contributed by atoms with Gasteiger partial charge in [0.25, 0.3) is 0 Å². The summed E-state index contributed by atoms with van der Waals surface area (Å²) in [6.07, 6.45) is -3.14. The summed E-state index contributed by atoms with van der Waals surface area (Å²) in [4.78, 5) is 2.19. The molecular formula is C10H19F3N2. The molecule has 0 aliphatic carbocycles. The van der Waals surface area contributed by atoms with E-state index < -0.39 is 18.1 Å². The fraction of sp³-hybridized carbons (Fsp3) is 1.00. The van der Waals surface area contributed by atoms with Crippen molar-refractivity contribution in [3.63, 3.8) is 0 Å². The van der Waals surface area contributed by atoms with Crippen LogP contribution in [0.4, 0.5) is 13.2 Å². The molecule has 0 spiro atoms. The first kappa shape index (κ1) is 12.8. The maximum Gasteiger partial charge on any atom is 0.403 e. The Kier molecular flexibility index (Phi) is 4.00. The van der Waals surface area contributed by atoms with Gasteiger partial charge in [0.15, 0.2) is 0 Å². The molecule has 1 saturated heterocycles. The topological polar surface area (TPSA) is 29.3 Å². The van der Waals surface area contributed by atoms with Crippen LogP contribution in [0.25, 0.3) is 0 Å². The van der Waals surface area contributed by atoms with Crippen molar-refractivity contribution in [3.05, 3.63) is 0 Å². The number of rotatable bonds is 2. The zero-order valence-corrected chi connectivity index (χ0v) is 9.22. The molecule has 1 heterocycles. The average molecular weight is 224 g/mol. The van der Waals surface area contributed by atoms with Gasteiger partial charge in [-0.2, -0.15) is 13.2 Å². The lowest BCUT2D eigenvalue weighted by Crippen LogP contribution is -2.49. The van der Waals surface area contributed by atoms with Crippen LogP contribution in [0.5, 0.6) is 0 Å². The highest BCUT2D eigenvalue weighted by Gasteiger charge is 2.42.